The van der Waals surface area contributed by atoms with E-state index in [1.54, 1.807) is 38.3 Å². The largest absolute Gasteiger partial charge is 0.476 e. The van der Waals surface area contributed by atoms with Crippen LogP contribution < -0.4 is 25.6 Å². The molecule has 0 spiro atoms. The Morgan fingerprint density at radius 2 is 2.00 bits per heavy atom. The molecule has 12 heteroatoms. The average Bonchev–Trinajstić information content (AvgIpc) is 3.32. The van der Waals surface area contributed by atoms with Crippen LogP contribution >= 0.6 is 0 Å². The molecule has 2 aliphatic heterocycles. The highest BCUT2D eigenvalue weighted by Gasteiger charge is 2.37. The average molecular weight is 497 g/mol. The Balaban J connectivity index is 1.37. The van der Waals surface area contributed by atoms with Crippen molar-refractivity contribution in [3.63, 3.8) is 0 Å². The number of rotatable bonds is 6. The van der Waals surface area contributed by atoms with Crippen molar-refractivity contribution in [2.75, 3.05) is 41.8 Å². The van der Waals surface area contributed by atoms with Crippen LogP contribution in [0.15, 0.2) is 34.9 Å². The van der Waals surface area contributed by atoms with E-state index in [4.69, 9.17) is 19.2 Å². The number of hydrogen-bond donors (Lipinski definition) is 5. The van der Waals surface area contributed by atoms with E-state index in [0.29, 0.717) is 65.9 Å². The molecular formula is C24H28N6O6. The van der Waals surface area contributed by atoms with Crippen molar-refractivity contribution in [3.05, 3.63) is 30.5 Å². The molecule has 2 aromatic heterocycles. The van der Waals surface area contributed by atoms with E-state index >= 15 is 0 Å². The van der Waals surface area contributed by atoms with Crippen molar-refractivity contribution in [2.45, 2.75) is 32.3 Å². The molecule has 4 heterocycles. The zero-order valence-electron chi connectivity index (χ0n) is 20.0. The summed E-state index contributed by atoms with van der Waals surface area (Å²) in [4.78, 5) is 34.5. The number of anilines is 4. The summed E-state index contributed by atoms with van der Waals surface area (Å²) in [6.45, 7) is 4.62. The number of benzene rings is 1. The third-order valence-corrected chi connectivity index (χ3v) is 6.76. The normalized spacial score (nSPS) is 18.2. The van der Waals surface area contributed by atoms with Crippen LogP contribution in [0.5, 0.6) is 5.75 Å². The highest BCUT2D eigenvalue weighted by atomic mass is 16.5. The van der Waals surface area contributed by atoms with Crippen molar-refractivity contribution >= 4 is 46.2 Å². The number of aliphatic hydroxyl groups excluding tert-OH is 1. The van der Waals surface area contributed by atoms with Gasteiger partial charge in [-0.1, -0.05) is 0 Å². The van der Waals surface area contributed by atoms with Gasteiger partial charge in [-0.15, -0.1) is 0 Å². The topological polar surface area (TPSA) is 162 Å². The second-order valence-electron chi connectivity index (χ2n) is 9.71. The molecule has 0 saturated carbocycles. The molecule has 1 saturated heterocycles. The lowest BCUT2D eigenvalue weighted by Crippen LogP contribution is -2.48. The van der Waals surface area contributed by atoms with E-state index in [1.807, 2.05) is 6.07 Å². The lowest BCUT2D eigenvalue weighted by Gasteiger charge is -2.41. The van der Waals surface area contributed by atoms with Crippen LogP contribution in [-0.2, 0) is 4.79 Å². The Bertz CT molecular complexity index is 1310. The molecule has 0 bridgehead atoms. The molecule has 0 unspecified atom stereocenters. The monoisotopic (exact) mass is 496 g/mol. The van der Waals surface area contributed by atoms with Crippen LogP contribution in [0.4, 0.5) is 27.9 Å². The number of carboxylic acid groups (broad SMARTS) is 1. The number of amides is 2. The van der Waals surface area contributed by atoms with Gasteiger partial charge < -0.3 is 40.2 Å². The minimum atomic E-state index is -1.11. The zero-order chi connectivity index (χ0) is 25.5. The van der Waals surface area contributed by atoms with E-state index < -0.39 is 17.1 Å². The SMILES string of the molecule is CC1(C)Oc2ccc(Nc3nc(N4CCC(CO)(CNC(=O)O)CC4)c4occc4n3)cc2NC1=O. The fraction of sp³-hybridized carbons (Fsp3) is 0.417. The number of piperidine rings is 1. The minimum Gasteiger partial charge on any atom is -0.476 e. The molecule has 2 amide bonds. The van der Waals surface area contributed by atoms with Gasteiger partial charge in [-0.3, -0.25) is 4.79 Å². The number of aliphatic hydroxyl groups is 1. The highest BCUT2D eigenvalue weighted by molar-refractivity contribution is 6.00. The van der Waals surface area contributed by atoms with Gasteiger partial charge in [0.2, 0.25) is 5.95 Å². The Morgan fingerprint density at radius 3 is 2.72 bits per heavy atom. The number of furan rings is 1. The first-order chi connectivity index (χ1) is 17.2. The molecular weight excluding hydrogens is 468 g/mol. The maximum atomic E-state index is 12.3. The predicted molar refractivity (Wildman–Crippen MR) is 132 cm³/mol. The molecule has 0 radical (unpaired) electrons. The molecule has 5 rings (SSSR count). The Morgan fingerprint density at radius 1 is 1.22 bits per heavy atom. The maximum absolute atomic E-state index is 12.3. The van der Waals surface area contributed by atoms with Crippen molar-refractivity contribution < 1.29 is 29.0 Å². The Hall–Kier alpha value is -4.06. The van der Waals surface area contributed by atoms with Crippen LogP contribution in [-0.4, -0.2) is 64.0 Å². The first-order valence-electron chi connectivity index (χ1n) is 11.7. The van der Waals surface area contributed by atoms with Gasteiger partial charge >= 0.3 is 6.09 Å². The third-order valence-electron chi connectivity index (χ3n) is 6.76. The summed E-state index contributed by atoms with van der Waals surface area (Å²) < 4.78 is 11.5. The van der Waals surface area contributed by atoms with Crippen molar-refractivity contribution in [1.29, 1.82) is 0 Å². The molecule has 2 aliphatic rings. The van der Waals surface area contributed by atoms with Crippen LogP contribution in [0.1, 0.15) is 26.7 Å². The van der Waals surface area contributed by atoms with Gasteiger partial charge in [0.15, 0.2) is 17.0 Å². The van der Waals surface area contributed by atoms with Gasteiger partial charge in [-0.2, -0.15) is 4.98 Å². The summed E-state index contributed by atoms with van der Waals surface area (Å²) >= 11 is 0. The third kappa shape index (κ3) is 4.47. The highest BCUT2D eigenvalue weighted by Crippen LogP contribution is 2.37. The number of carbonyl (C=O) groups is 2. The van der Waals surface area contributed by atoms with E-state index in [0.717, 1.165) is 0 Å². The lowest BCUT2D eigenvalue weighted by molar-refractivity contribution is -0.129. The van der Waals surface area contributed by atoms with Gasteiger partial charge in [-0.05, 0) is 44.9 Å². The van der Waals surface area contributed by atoms with Gasteiger partial charge in [-0.25, -0.2) is 9.78 Å². The molecule has 0 aliphatic carbocycles. The van der Waals surface area contributed by atoms with Crippen LogP contribution in [0.2, 0.25) is 0 Å². The second-order valence-corrected chi connectivity index (χ2v) is 9.71. The summed E-state index contributed by atoms with van der Waals surface area (Å²) in [7, 11) is 0. The summed E-state index contributed by atoms with van der Waals surface area (Å²) in [6.07, 6.45) is 1.61. The van der Waals surface area contributed by atoms with Crippen LogP contribution in [0, 0.1) is 5.41 Å². The maximum Gasteiger partial charge on any atom is 0.404 e. The minimum absolute atomic E-state index is 0.108. The van der Waals surface area contributed by atoms with Crippen LogP contribution in [0.25, 0.3) is 11.1 Å². The van der Waals surface area contributed by atoms with E-state index in [2.05, 4.69) is 25.8 Å². The molecule has 36 heavy (non-hydrogen) atoms. The van der Waals surface area contributed by atoms with Crippen molar-refractivity contribution in [3.8, 4) is 5.75 Å². The standard InChI is InChI=1S/C24H28N6O6/c1-23(2)20(32)27-16-11-14(3-4-17(16)36-23)26-21-28-15-5-10-35-18(15)19(29-21)30-8-6-24(13-31,7-9-30)12-25-22(33)34/h3-5,10-11,25,31H,6-9,12-13H2,1-2H3,(H,27,32)(H,33,34)(H,26,28,29). The van der Waals surface area contributed by atoms with Crippen molar-refractivity contribution in [2.24, 2.45) is 5.41 Å². The summed E-state index contributed by atoms with van der Waals surface area (Å²) in [5.41, 5.74) is 0.941. The molecule has 3 aromatic rings. The van der Waals surface area contributed by atoms with Gasteiger partial charge in [0.1, 0.15) is 11.3 Å². The zero-order valence-corrected chi connectivity index (χ0v) is 20.0. The fourth-order valence-corrected chi connectivity index (χ4v) is 4.48. The van der Waals surface area contributed by atoms with E-state index in [-0.39, 0.29) is 19.1 Å². The Kier molecular flexibility index (Phi) is 5.83. The predicted octanol–water partition coefficient (Wildman–Crippen LogP) is 2.92. The van der Waals surface area contributed by atoms with Gasteiger partial charge in [0.05, 0.1) is 18.6 Å². The first-order valence-corrected chi connectivity index (χ1v) is 11.7. The second kappa shape index (κ2) is 8.86. The smallest absolute Gasteiger partial charge is 0.404 e. The van der Waals surface area contributed by atoms with E-state index in [1.165, 1.54) is 0 Å². The molecule has 1 fully saturated rings. The van der Waals surface area contributed by atoms with Crippen LogP contribution in [0.3, 0.4) is 0 Å². The number of aromatic nitrogens is 2. The quantitative estimate of drug-likeness (QED) is 0.343. The number of carbonyl (C=O) groups excluding carboxylic acids is 1. The molecule has 1 aromatic carbocycles. The Labute approximate surface area is 206 Å². The summed E-state index contributed by atoms with van der Waals surface area (Å²) in [5, 5.41) is 27.4. The van der Waals surface area contributed by atoms with Gasteiger partial charge in [0, 0.05) is 36.8 Å². The number of nitrogens with zero attached hydrogens (tertiary/aromatic N) is 3. The molecule has 12 nitrogen and oxygen atoms in total. The lowest BCUT2D eigenvalue weighted by atomic mass is 9.79. The number of ether oxygens (including phenoxy) is 1. The first kappa shape index (κ1) is 23.7. The molecule has 190 valence electrons. The molecule has 0 atom stereocenters. The summed E-state index contributed by atoms with van der Waals surface area (Å²) in [6, 6.07) is 7.12. The van der Waals surface area contributed by atoms with Crippen molar-refractivity contribution in [1.82, 2.24) is 15.3 Å². The number of fused-ring (bicyclic) bond motifs is 2. The van der Waals surface area contributed by atoms with Gasteiger partial charge in [0.25, 0.3) is 5.91 Å². The fourth-order valence-electron chi connectivity index (χ4n) is 4.48. The summed E-state index contributed by atoms with van der Waals surface area (Å²) in [5.74, 6) is 1.32. The van der Waals surface area contributed by atoms with E-state index in [9.17, 15) is 14.7 Å². The molecule has 5 N–H and O–H groups in total. The number of nitrogens with one attached hydrogen (secondary N) is 3. The number of hydrogen-bond acceptors (Lipinski definition) is 9.